The van der Waals surface area contributed by atoms with E-state index in [1.165, 1.54) is 5.56 Å². The molecule has 1 amide bonds. The Balaban J connectivity index is 1.59. The molecular formula is C23H26N2O2. The zero-order valence-corrected chi connectivity index (χ0v) is 15.8. The Kier molecular flexibility index (Phi) is 6.26. The molecule has 4 nitrogen and oxygen atoms in total. The highest BCUT2D eigenvalue weighted by Crippen LogP contribution is 2.29. The topological polar surface area (TPSA) is 56.7 Å². The molecule has 1 fully saturated rings. The van der Waals surface area contributed by atoms with Crippen LogP contribution < -0.4 is 5.73 Å². The molecule has 27 heavy (non-hydrogen) atoms. The number of nitrogens with zero attached hydrogens (tertiary/aromatic N) is 1. The lowest BCUT2D eigenvalue weighted by Gasteiger charge is -2.26. The van der Waals surface area contributed by atoms with Crippen molar-refractivity contribution in [2.45, 2.75) is 39.2 Å². The highest BCUT2D eigenvalue weighted by atomic mass is 16.5. The number of rotatable bonds is 6. The number of hydrogen-bond acceptors (Lipinski definition) is 2. The average molecular weight is 362 g/mol. The van der Waals surface area contributed by atoms with Crippen LogP contribution in [0.15, 0.2) is 42.5 Å². The second kappa shape index (κ2) is 8.83. The Hall–Kier alpha value is -2.64. The van der Waals surface area contributed by atoms with Crippen LogP contribution in [0.2, 0.25) is 0 Å². The van der Waals surface area contributed by atoms with Crippen molar-refractivity contribution >= 4 is 11.6 Å². The lowest BCUT2D eigenvalue weighted by Crippen LogP contribution is -2.28. The highest BCUT2D eigenvalue weighted by Gasteiger charge is 2.24. The molecule has 4 heteroatoms. The van der Waals surface area contributed by atoms with Gasteiger partial charge in [0.05, 0.1) is 13.2 Å². The standard InChI is InChI=1S/C23H26N2O2/c1-16-10-18(12-21(11-16)20-4-3-5-22(13-20)25-2)15-27-14-17-6-8-19(9-7-17)23(24)26/h3-5,10-13,17,19H,6-9,14-15H2,1H3,(H2,24,26). The van der Waals surface area contributed by atoms with Crippen LogP contribution in [0.25, 0.3) is 16.0 Å². The molecule has 0 unspecified atom stereocenters. The van der Waals surface area contributed by atoms with Gasteiger partial charge in [-0.2, -0.15) is 0 Å². The van der Waals surface area contributed by atoms with Gasteiger partial charge < -0.3 is 10.5 Å². The fourth-order valence-corrected chi connectivity index (χ4v) is 3.82. The van der Waals surface area contributed by atoms with Gasteiger partial charge in [-0.05, 0) is 67.3 Å². The summed E-state index contributed by atoms with van der Waals surface area (Å²) in [6.07, 6.45) is 3.79. The zero-order valence-electron chi connectivity index (χ0n) is 15.8. The minimum Gasteiger partial charge on any atom is -0.376 e. The van der Waals surface area contributed by atoms with Gasteiger partial charge in [-0.15, -0.1) is 0 Å². The van der Waals surface area contributed by atoms with Gasteiger partial charge in [0.25, 0.3) is 0 Å². The van der Waals surface area contributed by atoms with Crippen LogP contribution in [0.5, 0.6) is 0 Å². The van der Waals surface area contributed by atoms with Gasteiger partial charge in [-0.25, -0.2) is 4.85 Å². The third kappa shape index (κ3) is 5.18. The Labute approximate surface area is 161 Å². The number of primary amides is 1. The van der Waals surface area contributed by atoms with Crippen molar-refractivity contribution < 1.29 is 9.53 Å². The molecule has 1 saturated carbocycles. The number of benzene rings is 2. The Bertz CT molecular complexity index is 846. The van der Waals surface area contributed by atoms with E-state index in [4.69, 9.17) is 17.0 Å². The van der Waals surface area contributed by atoms with Crippen LogP contribution in [0.1, 0.15) is 36.8 Å². The highest BCUT2D eigenvalue weighted by molar-refractivity contribution is 5.76. The molecule has 0 saturated heterocycles. The maximum absolute atomic E-state index is 11.3. The molecule has 3 rings (SSSR count). The molecule has 0 bridgehead atoms. The van der Waals surface area contributed by atoms with Gasteiger partial charge in [-0.3, -0.25) is 4.79 Å². The van der Waals surface area contributed by atoms with E-state index in [-0.39, 0.29) is 11.8 Å². The first-order chi connectivity index (χ1) is 13.0. The molecule has 2 aromatic rings. The number of carbonyl (C=O) groups excluding carboxylic acids is 1. The number of ether oxygens (including phenoxy) is 1. The summed E-state index contributed by atoms with van der Waals surface area (Å²) in [5.74, 6) is 0.399. The van der Waals surface area contributed by atoms with Crippen molar-refractivity contribution in [3.63, 3.8) is 0 Å². The van der Waals surface area contributed by atoms with Gasteiger partial charge in [0.2, 0.25) is 5.91 Å². The first-order valence-electron chi connectivity index (χ1n) is 9.50. The van der Waals surface area contributed by atoms with Gasteiger partial charge in [-0.1, -0.05) is 35.9 Å². The quantitative estimate of drug-likeness (QED) is 0.734. The molecule has 0 heterocycles. The SMILES string of the molecule is [C-]#[N+]c1cccc(-c2cc(C)cc(COCC3CCC(C(N)=O)CC3)c2)c1. The summed E-state index contributed by atoms with van der Waals surface area (Å²) >= 11 is 0. The molecule has 2 N–H and O–H groups in total. The molecule has 2 aromatic carbocycles. The number of aryl methyl sites for hydroxylation is 1. The van der Waals surface area contributed by atoms with Crippen molar-refractivity contribution in [3.05, 3.63) is 65.0 Å². The normalized spacial score (nSPS) is 19.4. The summed E-state index contributed by atoms with van der Waals surface area (Å²) in [7, 11) is 0. The van der Waals surface area contributed by atoms with E-state index in [1.807, 2.05) is 24.3 Å². The first kappa shape index (κ1) is 19.1. The van der Waals surface area contributed by atoms with Crippen molar-refractivity contribution in [2.75, 3.05) is 6.61 Å². The predicted molar refractivity (Wildman–Crippen MR) is 107 cm³/mol. The fraction of sp³-hybridized carbons (Fsp3) is 0.391. The molecule has 0 spiro atoms. The fourth-order valence-electron chi connectivity index (χ4n) is 3.82. The second-order valence-electron chi connectivity index (χ2n) is 7.50. The largest absolute Gasteiger partial charge is 0.376 e. The van der Waals surface area contributed by atoms with Crippen molar-refractivity contribution in [2.24, 2.45) is 17.6 Å². The van der Waals surface area contributed by atoms with Crippen LogP contribution in [0, 0.1) is 25.3 Å². The lowest BCUT2D eigenvalue weighted by molar-refractivity contribution is -0.123. The summed E-state index contributed by atoms with van der Waals surface area (Å²) in [5.41, 5.74) is 10.5. The Morgan fingerprint density at radius 2 is 1.93 bits per heavy atom. The number of hydrogen-bond donors (Lipinski definition) is 1. The van der Waals surface area contributed by atoms with Gasteiger partial charge >= 0.3 is 0 Å². The van der Waals surface area contributed by atoms with Gasteiger partial charge in [0.15, 0.2) is 5.69 Å². The lowest BCUT2D eigenvalue weighted by atomic mass is 9.82. The number of carbonyl (C=O) groups is 1. The van der Waals surface area contributed by atoms with Gasteiger partial charge in [0, 0.05) is 12.5 Å². The van der Waals surface area contributed by atoms with Crippen LogP contribution >= 0.6 is 0 Å². The van der Waals surface area contributed by atoms with E-state index >= 15 is 0 Å². The van der Waals surface area contributed by atoms with E-state index in [0.717, 1.165) is 49.0 Å². The summed E-state index contributed by atoms with van der Waals surface area (Å²) in [6.45, 7) is 10.6. The summed E-state index contributed by atoms with van der Waals surface area (Å²) in [4.78, 5) is 14.8. The van der Waals surface area contributed by atoms with Crippen molar-refractivity contribution in [1.82, 2.24) is 0 Å². The minimum absolute atomic E-state index is 0.0480. The van der Waals surface area contributed by atoms with E-state index in [9.17, 15) is 4.79 Å². The second-order valence-corrected chi connectivity index (χ2v) is 7.50. The van der Waals surface area contributed by atoms with Crippen LogP contribution in [-0.2, 0) is 16.1 Å². The third-order valence-electron chi connectivity index (χ3n) is 5.32. The third-order valence-corrected chi connectivity index (χ3v) is 5.32. The van der Waals surface area contributed by atoms with E-state index in [2.05, 4.69) is 30.0 Å². The molecule has 140 valence electrons. The molecule has 0 aliphatic heterocycles. The molecular weight excluding hydrogens is 336 g/mol. The summed E-state index contributed by atoms with van der Waals surface area (Å²) in [5, 5.41) is 0. The minimum atomic E-state index is -0.163. The first-order valence-corrected chi connectivity index (χ1v) is 9.50. The summed E-state index contributed by atoms with van der Waals surface area (Å²) in [6, 6.07) is 14.1. The maximum atomic E-state index is 11.3. The van der Waals surface area contributed by atoms with Crippen LogP contribution in [-0.4, -0.2) is 12.5 Å². The van der Waals surface area contributed by atoms with E-state index in [1.54, 1.807) is 0 Å². The average Bonchev–Trinajstić information content (AvgIpc) is 2.68. The Morgan fingerprint density at radius 3 is 2.63 bits per heavy atom. The van der Waals surface area contributed by atoms with Crippen molar-refractivity contribution in [3.8, 4) is 11.1 Å². The molecule has 0 aromatic heterocycles. The zero-order chi connectivity index (χ0) is 19.2. The number of amides is 1. The van der Waals surface area contributed by atoms with E-state index in [0.29, 0.717) is 18.2 Å². The Morgan fingerprint density at radius 1 is 1.15 bits per heavy atom. The molecule has 1 aliphatic rings. The predicted octanol–water partition coefficient (Wildman–Crippen LogP) is 5.02. The smallest absolute Gasteiger partial charge is 0.220 e. The van der Waals surface area contributed by atoms with Crippen LogP contribution in [0.4, 0.5) is 5.69 Å². The van der Waals surface area contributed by atoms with Crippen LogP contribution in [0.3, 0.4) is 0 Å². The van der Waals surface area contributed by atoms with Gasteiger partial charge in [0.1, 0.15) is 0 Å². The monoisotopic (exact) mass is 362 g/mol. The number of nitrogens with two attached hydrogens (primary N) is 1. The summed E-state index contributed by atoms with van der Waals surface area (Å²) < 4.78 is 5.98. The molecule has 0 radical (unpaired) electrons. The van der Waals surface area contributed by atoms with E-state index < -0.39 is 0 Å². The maximum Gasteiger partial charge on any atom is 0.220 e. The molecule has 1 aliphatic carbocycles. The van der Waals surface area contributed by atoms with Crippen molar-refractivity contribution in [1.29, 1.82) is 0 Å². The molecule has 0 atom stereocenters.